The second-order valence-electron chi connectivity index (χ2n) is 4.01. The number of benzene rings is 1. The van der Waals surface area contributed by atoms with E-state index < -0.39 is 5.82 Å². The molecule has 2 aromatic rings. The van der Waals surface area contributed by atoms with Gasteiger partial charge in [-0.3, -0.25) is 10.8 Å². The third kappa shape index (κ3) is 2.51. The molecular formula is C13H13ClFN3. The van der Waals surface area contributed by atoms with Crippen LogP contribution < -0.4 is 11.3 Å². The second-order valence-corrected chi connectivity index (χ2v) is 4.39. The monoisotopic (exact) mass is 265 g/mol. The van der Waals surface area contributed by atoms with Crippen molar-refractivity contribution in [3.8, 4) is 0 Å². The maximum Gasteiger partial charge on any atom is 0.141 e. The zero-order chi connectivity index (χ0) is 13.1. The molecule has 1 atom stereocenters. The van der Waals surface area contributed by atoms with E-state index in [2.05, 4.69) is 10.4 Å². The lowest BCUT2D eigenvalue weighted by molar-refractivity contribution is 0.598. The van der Waals surface area contributed by atoms with E-state index >= 15 is 0 Å². The smallest absolute Gasteiger partial charge is 0.141 e. The minimum Gasteiger partial charge on any atom is -0.271 e. The first-order chi connectivity index (χ1) is 8.63. The molecule has 0 aliphatic carbocycles. The van der Waals surface area contributed by atoms with Gasteiger partial charge in [0.2, 0.25) is 0 Å². The zero-order valence-electron chi connectivity index (χ0n) is 9.82. The maximum atomic E-state index is 13.2. The molecule has 94 valence electrons. The quantitative estimate of drug-likeness (QED) is 0.663. The molecule has 1 aromatic carbocycles. The fraction of sp³-hybridized carbons (Fsp3) is 0.154. The number of hydrazine groups is 1. The average Bonchev–Trinajstić information content (AvgIpc) is 2.35. The van der Waals surface area contributed by atoms with Crippen LogP contribution in [0.2, 0.25) is 5.02 Å². The van der Waals surface area contributed by atoms with Crippen molar-refractivity contribution in [2.45, 2.75) is 13.0 Å². The van der Waals surface area contributed by atoms with E-state index in [0.29, 0.717) is 10.6 Å². The normalized spacial score (nSPS) is 12.4. The number of nitrogens with one attached hydrogen (secondary N) is 1. The summed E-state index contributed by atoms with van der Waals surface area (Å²) in [5.41, 5.74) is 5.01. The first kappa shape index (κ1) is 13.0. The van der Waals surface area contributed by atoms with Crippen molar-refractivity contribution >= 4 is 11.6 Å². The van der Waals surface area contributed by atoms with Crippen molar-refractivity contribution in [3.05, 3.63) is 64.2 Å². The number of aromatic nitrogens is 1. The van der Waals surface area contributed by atoms with Crippen molar-refractivity contribution in [1.82, 2.24) is 10.4 Å². The fourth-order valence-corrected chi connectivity index (χ4v) is 2.08. The molecule has 2 rings (SSSR count). The lowest BCUT2D eigenvalue weighted by atomic mass is 9.99. The molecule has 3 nitrogen and oxygen atoms in total. The van der Waals surface area contributed by atoms with Gasteiger partial charge in [-0.15, -0.1) is 0 Å². The van der Waals surface area contributed by atoms with Crippen LogP contribution in [-0.4, -0.2) is 4.98 Å². The lowest BCUT2D eigenvalue weighted by Gasteiger charge is -2.18. The Morgan fingerprint density at radius 2 is 2.17 bits per heavy atom. The largest absolute Gasteiger partial charge is 0.271 e. The van der Waals surface area contributed by atoms with E-state index in [-0.39, 0.29) is 6.04 Å². The van der Waals surface area contributed by atoms with Crippen molar-refractivity contribution in [1.29, 1.82) is 0 Å². The number of nitrogens with two attached hydrogens (primary N) is 1. The summed E-state index contributed by atoms with van der Waals surface area (Å²) >= 11 is 6.25. The van der Waals surface area contributed by atoms with E-state index in [9.17, 15) is 4.39 Å². The first-order valence-electron chi connectivity index (χ1n) is 5.45. The molecule has 0 saturated heterocycles. The number of rotatable bonds is 3. The van der Waals surface area contributed by atoms with Gasteiger partial charge in [-0.1, -0.05) is 29.8 Å². The molecule has 0 aliphatic heterocycles. The van der Waals surface area contributed by atoms with Crippen LogP contribution in [0.1, 0.15) is 22.7 Å². The number of hydrogen-bond acceptors (Lipinski definition) is 3. The Balaban J connectivity index is 2.49. The highest BCUT2D eigenvalue weighted by Gasteiger charge is 2.17. The van der Waals surface area contributed by atoms with Gasteiger partial charge in [-0.2, -0.15) is 0 Å². The van der Waals surface area contributed by atoms with Gasteiger partial charge in [0.1, 0.15) is 5.82 Å². The zero-order valence-corrected chi connectivity index (χ0v) is 10.6. The molecule has 0 bridgehead atoms. The number of hydrogen-bond donors (Lipinski definition) is 2. The summed E-state index contributed by atoms with van der Waals surface area (Å²) < 4.78 is 13.2. The molecule has 18 heavy (non-hydrogen) atoms. The molecule has 0 radical (unpaired) electrons. The van der Waals surface area contributed by atoms with Crippen LogP contribution in [0.5, 0.6) is 0 Å². The second kappa shape index (κ2) is 5.44. The Morgan fingerprint density at radius 3 is 2.83 bits per heavy atom. The van der Waals surface area contributed by atoms with E-state index in [1.54, 1.807) is 6.20 Å². The topological polar surface area (TPSA) is 50.9 Å². The average molecular weight is 266 g/mol. The van der Waals surface area contributed by atoms with Crippen LogP contribution in [0.25, 0.3) is 0 Å². The van der Waals surface area contributed by atoms with Crippen LogP contribution in [0, 0.1) is 12.7 Å². The number of halogens is 2. The molecule has 0 spiro atoms. The predicted molar refractivity (Wildman–Crippen MR) is 69.6 cm³/mol. The third-order valence-corrected chi connectivity index (χ3v) is 3.28. The molecule has 1 heterocycles. The number of nitrogens with zero attached hydrogens (tertiary/aromatic N) is 1. The minimum absolute atomic E-state index is 0.388. The SMILES string of the molecule is Cc1cccc(C(NN)c2cncc(F)c2)c1Cl. The maximum absolute atomic E-state index is 13.2. The summed E-state index contributed by atoms with van der Waals surface area (Å²) in [6.45, 7) is 1.91. The molecule has 0 aliphatic rings. The molecule has 1 unspecified atom stereocenters. The van der Waals surface area contributed by atoms with Gasteiger partial charge in [-0.25, -0.2) is 9.82 Å². The summed E-state index contributed by atoms with van der Waals surface area (Å²) in [4.78, 5) is 3.82. The minimum atomic E-state index is -0.406. The van der Waals surface area contributed by atoms with E-state index in [1.165, 1.54) is 6.07 Å². The van der Waals surface area contributed by atoms with Gasteiger partial charge >= 0.3 is 0 Å². The van der Waals surface area contributed by atoms with Gasteiger partial charge in [0.05, 0.1) is 12.2 Å². The van der Waals surface area contributed by atoms with Crippen molar-refractivity contribution in [3.63, 3.8) is 0 Å². The first-order valence-corrected chi connectivity index (χ1v) is 5.83. The Bertz CT molecular complexity index is 560. The summed E-state index contributed by atoms with van der Waals surface area (Å²) in [5, 5.41) is 0.615. The Hall–Kier alpha value is -1.49. The Labute approximate surface area is 110 Å². The highest BCUT2D eigenvalue weighted by Crippen LogP contribution is 2.29. The molecule has 0 amide bonds. The van der Waals surface area contributed by atoms with Gasteiger partial charge in [0.15, 0.2) is 0 Å². The van der Waals surface area contributed by atoms with Crippen molar-refractivity contribution in [2.75, 3.05) is 0 Å². The Morgan fingerprint density at radius 1 is 1.39 bits per heavy atom. The van der Waals surface area contributed by atoms with Gasteiger partial charge in [0.25, 0.3) is 0 Å². The summed E-state index contributed by atoms with van der Waals surface area (Å²) in [6.07, 6.45) is 2.71. The van der Waals surface area contributed by atoms with Gasteiger partial charge < -0.3 is 0 Å². The highest BCUT2D eigenvalue weighted by atomic mass is 35.5. The van der Waals surface area contributed by atoms with E-state index in [0.717, 1.165) is 17.3 Å². The number of pyridine rings is 1. The lowest BCUT2D eigenvalue weighted by Crippen LogP contribution is -2.29. The molecule has 0 saturated carbocycles. The molecule has 1 aromatic heterocycles. The molecule has 5 heteroatoms. The Kier molecular flexibility index (Phi) is 3.91. The molecule has 0 fully saturated rings. The van der Waals surface area contributed by atoms with E-state index in [1.807, 2.05) is 25.1 Å². The van der Waals surface area contributed by atoms with Crippen molar-refractivity contribution in [2.24, 2.45) is 5.84 Å². The summed E-state index contributed by atoms with van der Waals surface area (Å²) in [6, 6.07) is 6.64. The molecular weight excluding hydrogens is 253 g/mol. The highest BCUT2D eigenvalue weighted by molar-refractivity contribution is 6.32. The standard InChI is InChI=1S/C13H13ClFN3/c1-8-3-2-4-11(12(8)14)13(18-16)9-5-10(15)7-17-6-9/h2-7,13,18H,16H2,1H3. The third-order valence-electron chi connectivity index (χ3n) is 2.76. The van der Waals surface area contributed by atoms with Crippen LogP contribution in [0.15, 0.2) is 36.7 Å². The van der Waals surface area contributed by atoms with Crippen LogP contribution in [0.3, 0.4) is 0 Å². The van der Waals surface area contributed by atoms with Gasteiger partial charge in [-0.05, 0) is 29.7 Å². The predicted octanol–water partition coefficient (Wildman–Crippen LogP) is 2.74. The van der Waals surface area contributed by atoms with Crippen LogP contribution in [-0.2, 0) is 0 Å². The number of aryl methyl sites for hydroxylation is 1. The summed E-state index contributed by atoms with van der Waals surface area (Å²) in [5.74, 6) is 5.14. The van der Waals surface area contributed by atoms with Gasteiger partial charge in [0, 0.05) is 11.2 Å². The molecule has 3 N–H and O–H groups in total. The summed E-state index contributed by atoms with van der Waals surface area (Å²) in [7, 11) is 0. The van der Waals surface area contributed by atoms with E-state index in [4.69, 9.17) is 17.4 Å². The van der Waals surface area contributed by atoms with Crippen LogP contribution >= 0.6 is 11.6 Å². The van der Waals surface area contributed by atoms with Crippen LogP contribution in [0.4, 0.5) is 4.39 Å². The fourth-order valence-electron chi connectivity index (χ4n) is 1.84. The van der Waals surface area contributed by atoms with Crippen molar-refractivity contribution < 1.29 is 4.39 Å².